The van der Waals surface area contributed by atoms with E-state index in [-0.39, 0.29) is 0 Å². The molecule has 0 radical (unpaired) electrons. The predicted molar refractivity (Wildman–Crippen MR) is 74.8 cm³/mol. The molecule has 5 heteroatoms. The van der Waals surface area contributed by atoms with E-state index in [0.29, 0.717) is 11.8 Å². The SMILES string of the molecule is CNc1ncnc(-n2ccc(C3CC3)n2)c1C(C)C. The normalized spacial score (nSPS) is 14.9. The Labute approximate surface area is 113 Å². The van der Waals surface area contributed by atoms with Crippen molar-refractivity contribution >= 4 is 5.82 Å². The minimum absolute atomic E-state index is 0.340. The van der Waals surface area contributed by atoms with E-state index >= 15 is 0 Å². The topological polar surface area (TPSA) is 55.6 Å². The molecule has 1 N–H and O–H groups in total. The Morgan fingerprint density at radius 3 is 2.74 bits per heavy atom. The lowest BCUT2D eigenvalue weighted by Crippen LogP contribution is -2.10. The van der Waals surface area contributed by atoms with Gasteiger partial charge < -0.3 is 5.32 Å². The third-order valence-electron chi connectivity index (χ3n) is 3.50. The molecule has 1 aliphatic rings. The minimum Gasteiger partial charge on any atom is -0.373 e. The molecule has 0 unspecified atom stereocenters. The zero-order valence-corrected chi connectivity index (χ0v) is 11.6. The average molecular weight is 257 g/mol. The van der Waals surface area contributed by atoms with E-state index in [0.717, 1.165) is 17.2 Å². The lowest BCUT2D eigenvalue weighted by molar-refractivity contribution is 0.761. The Hall–Kier alpha value is -1.91. The van der Waals surface area contributed by atoms with Gasteiger partial charge in [-0.3, -0.25) is 0 Å². The van der Waals surface area contributed by atoms with Crippen LogP contribution >= 0.6 is 0 Å². The molecular weight excluding hydrogens is 238 g/mol. The number of anilines is 1. The highest BCUT2D eigenvalue weighted by Crippen LogP contribution is 2.39. The fourth-order valence-electron chi connectivity index (χ4n) is 2.35. The van der Waals surface area contributed by atoms with Crippen molar-refractivity contribution in [3.05, 3.63) is 29.8 Å². The second-order valence-corrected chi connectivity index (χ2v) is 5.32. The molecule has 5 nitrogen and oxygen atoms in total. The Morgan fingerprint density at radius 2 is 2.11 bits per heavy atom. The van der Waals surface area contributed by atoms with E-state index in [1.165, 1.54) is 18.5 Å². The smallest absolute Gasteiger partial charge is 0.162 e. The maximum Gasteiger partial charge on any atom is 0.162 e. The molecule has 0 bridgehead atoms. The van der Waals surface area contributed by atoms with Crippen LogP contribution in [0.2, 0.25) is 0 Å². The molecule has 1 fully saturated rings. The summed E-state index contributed by atoms with van der Waals surface area (Å²) in [5.41, 5.74) is 2.29. The fourth-order valence-corrected chi connectivity index (χ4v) is 2.35. The van der Waals surface area contributed by atoms with Crippen LogP contribution in [0.4, 0.5) is 5.82 Å². The van der Waals surface area contributed by atoms with Gasteiger partial charge >= 0.3 is 0 Å². The Morgan fingerprint density at radius 1 is 1.32 bits per heavy atom. The van der Waals surface area contributed by atoms with E-state index in [9.17, 15) is 0 Å². The van der Waals surface area contributed by atoms with Crippen LogP contribution in [-0.2, 0) is 0 Å². The minimum atomic E-state index is 0.340. The standard InChI is InChI=1S/C14H19N5/c1-9(2)12-13(15-3)16-8-17-14(12)19-7-6-11(18-19)10-4-5-10/h6-10H,4-5H2,1-3H3,(H,15,16,17). The van der Waals surface area contributed by atoms with Gasteiger partial charge in [0.2, 0.25) is 0 Å². The lowest BCUT2D eigenvalue weighted by atomic mass is 10.0. The van der Waals surface area contributed by atoms with E-state index < -0.39 is 0 Å². The number of nitrogens with one attached hydrogen (secondary N) is 1. The van der Waals surface area contributed by atoms with Gasteiger partial charge in [-0.05, 0) is 24.8 Å². The van der Waals surface area contributed by atoms with Crippen LogP contribution in [0.25, 0.3) is 5.82 Å². The monoisotopic (exact) mass is 257 g/mol. The van der Waals surface area contributed by atoms with Gasteiger partial charge in [-0.15, -0.1) is 0 Å². The lowest BCUT2D eigenvalue weighted by Gasteiger charge is -2.15. The summed E-state index contributed by atoms with van der Waals surface area (Å²) in [5.74, 6) is 2.76. The van der Waals surface area contributed by atoms with E-state index in [1.54, 1.807) is 6.33 Å². The quantitative estimate of drug-likeness (QED) is 0.915. The van der Waals surface area contributed by atoms with Crippen LogP contribution in [0.1, 0.15) is 49.8 Å². The second-order valence-electron chi connectivity index (χ2n) is 5.32. The van der Waals surface area contributed by atoms with Crippen molar-refractivity contribution in [1.29, 1.82) is 0 Å². The molecule has 19 heavy (non-hydrogen) atoms. The third kappa shape index (κ3) is 2.20. The molecule has 1 saturated carbocycles. The summed E-state index contributed by atoms with van der Waals surface area (Å²) in [6.45, 7) is 4.29. The van der Waals surface area contributed by atoms with Gasteiger partial charge in [-0.1, -0.05) is 13.8 Å². The van der Waals surface area contributed by atoms with Crippen LogP contribution in [0, 0.1) is 0 Å². The molecule has 3 rings (SSSR count). The van der Waals surface area contributed by atoms with Crippen molar-refractivity contribution in [1.82, 2.24) is 19.7 Å². The summed E-state index contributed by atoms with van der Waals surface area (Å²) in [6, 6.07) is 2.10. The van der Waals surface area contributed by atoms with Crippen molar-refractivity contribution in [2.24, 2.45) is 0 Å². The van der Waals surface area contributed by atoms with Gasteiger partial charge in [0.05, 0.1) is 5.69 Å². The first-order valence-electron chi connectivity index (χ1n) is 6.79. The van der Waals surface area contributed by atoms with Crippen molar-refractivity contribution in [3.8, 4) is 5.82 Å². The Bertz CT molecular complexity index is 583. The highest BCUT2D eigenvalue weighted by Gasteiger charge is 2.26. The van der Waals surface area contributed by atoms with E-state index in [1.807, 2.05) is 17.9 Å². The number of aromatic nitrogens is 4. The molecule has 0 aliphatic heterocycles. The first-order chi connectivity index (χ1) is 9.20. The van der Waals surface area contributed by atoms with Crippen molar-refractivity contribution in [2.45, 2.75) is 38.5 Å². The summed E-state index contributed by atoms with van der Waals surface area (Å²) in [6.07, 6.45) is 6.12. The van der Waals surface area contributed by atoms with Crippen molar-refractivity contribution in [2.75, 3.05) is 12.4 Å². The zero-order chi connectivity index (χ0) is 13.4. The molecule has 2 heterocycles. The van der Waals surface area contributed by atoms with E-state index in [2.05, 4.69) is 40.3 Å². The highest BCUT2D eigenvalue weighted by atomic mass is 15.3. The Balaban J connectivity index is 2.07. The molecule has 0 aromatic carbocycles. The Kier molecular flexibility index (Phi) is 2.97. The summed E-state index contributed by atoms with van der Waals surface area (Å²) < 4.78 is 1.88. The number of hydrogen-bond donors (Lipinski definition) is 1. The average Bonchev–Trinajstić information content (AvgIpc) is 3.15. The fraction of sp³-hybridized carbons (Fsp3) is 0.500. The molecule has 0 atom stereocenters. The van der Waals surface area contributed by atoms with Crippen LogP contribution in [0.3, 0.4) is 0 Å². The molecular formula is C14H19N5. The first kappa shape index (κ1) is 12.1. The second kappa shape index (κ2) is 4.64. The predicted octanol–water partition coefficient (Wildman–Crippen LogP) is 2.70. The largest absolute Gasteiger partial charge is 0.373 e. The number of hydrogen-bond acceptors (Lipinski definition) is 4. The molecule has 0 spiro atoms. The molecule has 2 aromatic rings. The van der Waals surface area contributed by atoms with Gasteiger partial charge in [0.15, 0.2) is 5.82 Å². The van der Waals surface area contributed by atoms with Gasteiger partial charge in [-0.2, -0.15) is 5.10 Å². The van der Waals surface area contributed by atoms with Crippen LogP contribution < -0.4 is 5.32 Å². The van der Waals surface area contributed by atoms with Gasteiger partial charge in [0.1, 0.15) is 12.1 Å². The molecule has 2 aromatic heterocycles. The highest BCUT2D eigenvalue weighted by molar-refractivity contribution is 5.53. The summed E-state index contributed by atoms with van der Waals surface area (Å²) in [7, 11) is 1.89. The number of nitrogens with zero attached hydrogens (tertiary/aromatic N) is 4. The van der Waals surface area contributed by atoms with Gasteiger partial charge in [0.25, 0.3) is 0 Å². The van der Waals surface area contributed by atoms with Crippen LogP contribution in [0.5, 0.6) is 0 Å². The third-order valence-corrected chi connectivity index (χ3v) is 3.50. The van der Waals surface area contributed by atoms with Crippen LogP contribution in [-0.4, -0.2) is 26.8 Å². The maximum absolute atomic E-state index is 4.66. The summed E-state index contributed by atoms with van der Waals surface area (Å²) >= 11 is 0. The molecule has 0 amide bonds. The molecule has 1 aliphatic carbocycles. The number of rotatable bonds is 4. The van der Waals surface area contributed by atoms with Crippen LogP contribution in [0.15, 0.2) is 18.6 Å². The first-order valence-corrected chi connectivity index (χ1v) is 6.79. The summed E-state index contributed by atoms with van der Waals surface area (Å²) in [4.78, 5) is 8.72. The van der Waals surface area contributed by atoms with E-state index in [4.69, 9.17) is 0 Å². The van der Waals surface area contributed by atoms with Crippen molar-refractivity contribution in [3.63, 3.8) is 0 Å². The molecule has 0 saturated heterocycles. The van der Waals surface area contributed by atoms with Gasteiger partial charge in [0, 0.05) is 24.7 Å². The molecule has 100 valence electrons. The van der Waals surface area contributed by atoms with Crippen molar-refractivity contribution < 1.29 is 0 Å². The van der Waals surface area contributed by atoms with Gasteiger partial charge in [-0.25, -0.2) is 14.6 Å². The maximum atomic E-state index is 4.66. The zero-order valence-electron chi connectivity index (χ0n) is 11.6. The summed E-state index contributed by atoms with van der Waals surface area (Å²) in [5, 5.41) is 7.80.